The van der Waals surface area contributed by atoms with E-state index < -0.39 is 0 Å². The van der Waals surface area contributed by atoms with Crippen LogP contribution in [0.4, 0.5) is 5.82 Å². The minimum absolute atomic E-state index is 0.197. The standard InChI is InChI=1S/C15H19N7O/c1-2-11(4-7-23)8-18-13-12-9-21-22(14(12)20-10-19-13)15-16-5-3-6-17-15/h3,5-6,9-11,23H,2,4,7-8H2,1H3,(H,18,19,20). The fourth-order valence-corrected chi connectivity index (χ4v) is 2.41. The summed E-state index contributed by atoms with van der Waals surface area (Å²) in [7, 11) is 0. The molecule has 1 unspecified atom stereocenters. The lowest BCUT2D eigenvalue weighted by Gasteiger charge is -2.14. The molecule has 1 atom stereocenters. The number of rotatable bonds is 7. The minimum Gasteiger partial charge on any atom is -0.396 e. The van der Waals surface area contributed by atoms with E-state index in [1.54, 1.807) is 29.3 Å². The summed E-state index contributed by atoms with van der Waals surface area (Å²) in [5.74, 6) is 1.60. The molecule has 3 aromatic rings. The molecule has 0 spiro atoms. The quantitative estimate of drug-likeness (QED) is 0.680. The Morgan fingerprint density at radius 1 is 1.22 bits per heavy atom. The van der Waals surface area contributed by atoms with E-state index in [4.69, 9.17) is 5.11 Å². The summed E-state index contributed by atoms with van der Waals surface area (Å²) in [5.41, 5.74) is 0.656. The molecule has 0 saturated heterocycles. The first-order valence-electron chi connectivity index (χ1n) is 7.64. The summed E-state index contributed by atoms with van der Waals surface area (Å²) < 4.78 is 1.59. The molecule has 0 aliphatic rings. The van der Waals surface area contributed by atoms with Gasteiger partial charge in [-0.1, -0.05) is 13.3 Å². The van der Waals surface area contributed by atoms with Gasteiger partial charge in [-0.05, 0) is 18.4 Å². The van der Waals surface area contributed by atoms with E-state index in [1.807, 2.05) is 0 Å². The van der Waals surface area contributed by atoms with E-state index in [0.717, 1.165) is 30.6 Å². The molecule has 120 valence electrons. The van der Waals surface area contributed by atoms with Crippen LogP contribution in [0, 0.1) is 5.92 Å². The van der Waals surface area contributed by atoms with Crippen molar-refractivity contribution in [3.63, 3.8) is 0 Å². The van der Waals surface area contributed by atoms with E-state index in [9.17, 15) is 0 Å². The van der Waals surface area contributed by atoms with Gasteiger partial charge in [-0.25, -0.2) is 19.9 Å². The number of hydrogen-bond donors (Lipinski definition) is 2. The Morgan fingerprint density at radius 2 is 2.04 bits per heavy atom. The number of hydrogen-bond acceptors (Lipinski definition) is 7. The maximum Gasteiger partial charge on any atom is 0.252 e. The molecule has 0 aliphatic carbocycles. The van der Waals surface area contributed by atoms with Crippen LogP contribution in [0.25, 0.3) is 17.0 Å². The van der Waals surface area contributed by atoms with Gasteiger partial charge in [-0.15, -0.1) is 0 Å². The van der Waals surface area contributed by atoms with Gasteiger partial charge in [0.1, 0.15) is 12.1 Å². The highest BCUT2D eigenvalue weighted by Gasteiger charge is 2.13. The number of aliphatic hydroxyl groups excluding tert-OH is 1. The molecule has 0 saturated carbocycles. The molecule has 0 fully saturated rings. The molecule has 8 nitrogen and oxygen atoms in total. The fraction of sp³-hybridized carbons (Fsp3) is 0.400. The van der Waals surface area contributed by atoms with Crippen molar-refractivity contribution in [1.29, 1.82) is 0 Å². The van der Waals surface area contributed by atoms with Gasteiger partial charge >= 0.3 is 0 Å². The lowest BCUT2D eigenvalue weighted by atomic mass is 10.0. The van der Waals surface area contributed by atoms with Crippen molar-refractivity contribution >= 4 is 16.9 Å². The number of nitrogens with zero attached hydrogens (tertiary/aromatic N) is 6. The first-order valence-corrected chi connectivity index (χ1v) is 7.64. The first kappa shape index (κ1) is 15.3. The summed E-state index contributed by atoms with van der Waals surface area (Å²) in [6.45, 7) is 3.06. The molecular formula is C15H19N7O. The summed E-state index contributed by atoms with van der Waals surface area (Å²) >= 11 is 0. The monoisotopic (exact) mass is 313 g/mol. The third kappa shape index (κ3) is 3.26. The van der Waals surface area contributed by atoms with E-state index in [2.05, 4.69) is 37.3 Å². The predicted octanol–water partition coefficient (Wildman–Crippen LogP) is 1.43. The van der Waals surface area contributed by atoms with Crippen molar-refractivity contribution in [2.45, 2.75) is 19.8 Å². The number of anilines is 1. The predicted molar refractivity (Wildman–Crippen MR) is 86.2 cm³/mol. The lowest BCUT2D eigenvalue weighted by Crippen LogP contribution is -2.16. The Bertz CT molecular complexity index is 759. The zero-order chi connectivity index (χ0) is 16.1. The Morgan fingerprint density at radius 3 is 2.78 bits per heavy atom. The molecule has 0 bridgehead atoms. The Labute approximate surface area is 133 Å². The van der Waals surface area contributed by atoms with Gasteiger partial charge in [0.05, 0.1) is 11.6 Å². The minimum atomic E-state index is 0.197. The number of aliphatic hydroxyl groups is 1. The highest BCUT2D eigenvalue weighted by Crippen LogP contribution is 2.21. The van der Waals surface area contributed by atoms with Crippen molar-refractivity contribution < 1.29 is 5.11 Å². The van der Waals surface area contributed by atoms with Gasteiger partial charge in [-0.2, -0.15) is 9.78 Å². The van der Waals surface area contributed by atoms with Crippen LogP contribution in [0.2, 0.25) is 0 Å². The first-order chi connectivity index (χ1) is 11.3. The van der Waals surface area contributed by atoms with Crippen LogP contribution in [-0.2, 0) is 0 Å². The van der Waals surface area contributed by atoms with Crippen molar-refractivity contribution in [2.75, 3.05) is 18.5 Å². The average molecular weight is 313 g/mol. The maximum atomic E-state index is 9.09. The van der Waals surface area contributed by atoms with Crippen LogP contribution in [0.1, 0.15) is 19.8 Å². The number of nitrogens with one attached hydrogen (secondary N) is 1. The summed E-state index contributed by atoms with van der Waals surface area (Å²) in [4.78, 5) is 17.0. The Hall–Kier alpha value is -2.61. The molecule has 0 aromatic carbocycles. The van der Waals surface area contributed by atoms with Crippen LogP contribution in [0.5, 0.6) is 0 Å². The second-order valence-electron chi connectivity index (χ2n) is 5.23. The van der Waals surface area contributed by atoms with Crippen molar-refractivity contribution in [1.82, 2.24) is 29.7 Å². The van der Waals surface area contributed by atoms with Crippen LogP contribution >= 0.6 is 0 Å². The molecule has 0 radical (unpaired) electrons. The molecule has 8 heteroatoms. The largest absolute Gasteiger partial charge is 0.396 e. The third-order valence-electron chi connectivity index (χ3n) is 3.78. The van der Waals surface area contributed by atoms with Gasteiger partial charge in [-0.3, -0.25) is 0 Å². The molecular weight excluding hydrogens is 294 g/mol. The second kappa shape index (κ2) is 7.10. The number of aromatic nitrogens is 6. The molecule has 3 heterocycles. The number of fused-ring (bicyclic) bond motifs is 1. The van der Waals surface area contributed by atoms with E-state index in [0.29, 0.717) is 17.5 Å². The second-order valence-corrected chi connectivity index (χ2v) is 5.23. The maximum absolute atomic E-state index is 9.09. The van der Waals surface area contributed by atoms with Crippen LogP contribution in [-0.4, -0.2) is 48.0 Å². The van der Waals surface area contributed by atoms with E-state index in [-0.39, 0.29) is 6.61 Å². The topological polar surface area (TPSA) is 102 Å². The Kier molecular flexibility index (Phi) is 4.72. The summed E-state index contributed by atoms with van der Waals surface area (Å²) in [6.07, 6.45) is 8.31. The molecule has 23 heavy (non-hydrogen) atoms. The zero-order valence-electron chi connectivity index (χ0n) is 12.9. The van der Waals surface area contributed by atoms with Gasteiger partial charge in [0.15, 0.2) is 5.65 Å². The van der Waals surface area contributed by atoms with Gasteiger partial charge in [0.25, 0.3) is 5.95 Å². The smallest absolute Gasteiger partial charge is 0.252 e. The van der Waals surface area contributed by atoms with Crippen LogP contribution in [0.3, 0.4) is 0 Å². The fourth-order valence-electron chi connectivity index (χ4n) is 2.41. The Balaban J connectivity index is 1.87. The molecule has 2 N–H and O–H groups in total. The molecule has 3 aromatic heterocycles. The van der Waals surface area contributed by atoms with Crippen LogP contribution in [0.15, 0.2) is 31.0 Å². The molecule has 0 amide bonds. The molecule has 0 aliphatic heterocycles. The van der Waals surface area contributed by atoms with Crippen molar-refractivity contribution in [2.24, 2.45) is 5.92 Å². The highest BCUT2D eigenvalue weighted by molar-refractivity contribution is 5.86. The zero-order valence-corrected chi connectivity index (χ0v) is 12.9. The van der Waals surface area contributed by atoms with Gasteiger partial charge in [0, 0.05) is 25.5 Å². The average Bonchev–Trinajstić information content (AvgIpc) is 3.04. The van der Waals surface area contributed by atoms with E-state index >= 15 is 0 Å². The van der Waals surface area contributed by atoms with Crippen molar-refractivity contribution in [3.8, 4) is 5.95 Å². The molecule has 3 rings (SSSR count). The summed E-state index contributed by atoms with van der Waals surface area (Å²) in [5, 5.41) is 17.6. The summed E-state index contributed by atoms with van der Waals surface area (Å²) in [6, 6.07) is 1.75. The normalized spacial score (nSPS) is 12.4. The van der Waals surface area contributed by atoms with Crippen molar-refractivity contribution in [3.05, 3.63) is 31.0 Å². The van der Waals surface area contributed by atoms with E-state index in [1.165, 1.54) is 6.33 Å². The lowest BCUT2D eigenvalue weighted by molar-refractivity contribution is 0.258. The van der Waals surface area contributed by atoms with Gasteiger partial charge < -0.3 is 10.4 Å². The van der Waals surface area contributed by atoms with Gasteiger partial charge in [0.2, 0.25) is 0 Å². The highest BCUT2D eigenvalue weighted by atomic mass is 16.3. The third-order valence-corrected chi connectivity index (χ3v) is 3.78. The van der Waals surface area contributed by atoms with Crippen LogP contribution < -0.4 is 5.32 Å². The SMILES string of the molecule is CCC(CCO)CNc1ncnc2c1cnn2-c1ncccn1.